The van der Waals surface area contributed by atoms with Crippen molar-refractivity contribution in [3.8, 4) is 0 Å². The normalized spacial score (nSPS) is 11.5. The molecule has 0 aromatic heterocycles. The van der Waals surface area contributed by atoms with E-state index in [1.807, 2.05) is 0 Å². The highest BCUT2D eigenvalue weighted by molar-refractivity contribution is 6.31. The molecule has 1 unspecified atom stereocenters. The lowest BCUT2D eigenvalue weighted by molar-refractivity contribution is -0.158. The maximum absolute atomic E-state index is 12.6. The smallest absolute Gasteiger partial charge is 0.394 e. The van der Waals surface area contributed by atoms with Gasteiger partial charge in [0.2, 0.25) is 0 Å². The van der Waals surface area contributed by atoms with Crippen LogP contribution < -0.4 is 5.32 Å². The maximum atomic E-state index is 12.6. The summed E-state index contributed by atoms with van der Waals surface area (Å²) in [5, 5.41) is 21.7. The van der Waals surface area contributed by atoms with E-state index in [0.717, 1.165) is 17.7 Å². The van der Waals surface area contributed by atoms with E-state index in [9.17, 15) is 29.4 Å². The summed E-state index contributed by atoms with van der Waals surface area (Å²) >= 11 is 0. The summed E-state index contributed by atoms with van der Waals surface area (Å²) in [6.07, 6.45) is 11.8. The van der Waals surface area contributed by atoms with E-state index in [0.29, 0.717) is 23.2 Å². The second-order valence-electron chi connectivity index (χ2n) is 9.90. The Hall–Kier alpha value is -3.68. The summed E-state index contributed by atoms with van der Waals surface area (Å²) in [6.45, 7) is 2.72. The molecule has 8 heteroatoms. The Labute approximate surface area is 231 Å². The fraction of sp³-hybridized carbons (Fsp3) is 0.484. The summed E-state index contributed by atoms with van der Waals surface area (Å²) in [6, 6.07) is 14.1. The second-order valence-corrected chi connectivity index (χ2v) is 9.90. The maximum Gasteiger partial charge on any atom is 0.394 e. The number of carbonyl (C=O) groups excluding carboxylic acids is 2. The van der Waals surface area contributed by atoms with Gasteiger partial charge in [-0.1, -0.05) is 107 Å². The molecule has 0 saturated carbocycles. The first-order valence-electron chi connectivity index (χ1n) is 14.0. The molecule has 0 aliphatic rings. The molecule has 0 aliphatic carbocycles. The van der Waals surface area contributed by atoms with E-state index >= 15 is 0 Å². The third-order valence-electron chi connectivity index (χ3n) is 6.76. The highest BCUT2D eigenvalue weighted by Crippen LogP contribution is 2.27. The SMILES string of the molecule is CCCCCCCCCCCCNC(=O)c1ccc(CN(C(=O)C(=O)O)C(CC(=O)O)c2ccccc2)cc1. The average molecular weight is 539 g/mol. The fourth-order valence-corrected chi connectivity index (χ4v) is 4.57. The average Bonchev–Trinajstić information content (AvgIpc) is 2.93. The highest BCUT2D eigenvalue weighted by atomic mass is 16.4. The van der Waals surface area contributed by atoms with Crippen LogP contribution >= 0.6 is 0 Å². The summed E-state index contributed by atoms with van der Waals surface area (Å²) in [7, 11) is 0. The fourth-order valence-electron chi connectivity index (χ4n) is 4.57. The van der Waals surface area contributed by atoms with E-state index in [4.69, 9.17) is 0 Å². The number of unbranched alkanes of at least 4 members (excludes halogenated alkanes) is 9. The van der Waals surface area contributed by atoms with Crippen molar-refractivity contribution in [2.24, 2.45) is 0 Å². The van der Waals surface area contributed by atoms with Gasteiger partial charge in [-0.25, -0.2) is 4.79 Å². The zero-order chi connectivity index (χ0) is 28.5. The number of amides is 2. The first-order valence-corrected chi connectivity index (χ1v) is 14.0. The van der Waals surface area contributed by atoms with Crippen LogP contribution in [0.15, 0.2) is 54.6 Å². The molecule has 39 heavy (non-hydrogen) atoms. The molecule has 212 valence electrons. The monoisotopic (exact) mass is 538 g/mol. The van der Waals surface area contributed by atoms with Gasteiger partial charge in [0, 0.05) is 18.7 Å². The number of aliphatic carboxylic acids is 2. The molecule has 0 spiro atoms. The number of nitrogens with one attached hydrogen (secondary N) is 1. The van der Waals surface area contributed by atoms with Crippen LogP contribution in [-0.2, 0) is 20.9 Å². The highest BCUT2D eigenvalue weighted by Gasteiger charge is 2.31. The lowest BCUT2D eigenvalue weighted by Gasteiger charge is -2.30. The van der Waals surface area contributed by atoms with Crippen LogP contribution in [-0.4, -0.2) is 45.4 Å². The predicted molar refractivity (Wildman–Crippen MR) is 150 cm³/mol. The molecular formula is C31H42N2O6. The number of nitrogens with zero attached hydrogens (tertiary/aromatic N) is 1. The molecule has 2 aromatic carbocycles. The van der Waals surface area contributed by atoms with Crippen molar-refractivity contribution >= 4 is 23.8 Å². The van der Waals surface area contributed by atoms with Gasteiger partial charge in [0.25, 0.3) is 5.91 Å². The molecule has 0 saturated heterocycles. The van der Waals surface area contributed by atoms with Gasteiger partial charge < -0.3 is 20.4 Å². The van der Waals surface area contributed by atoms with Gasteiger partial charge in [0.05, 0.1) is 12.5 Å². The van der Waals surface area contributed by atoms with Crippen molar-refractivity contribution in [1.29, 1.82) is 0 Å². The molecule has 1 atom stereocenters. The largest absolute Gasteiger partial charge is 0.481 e. The number of rotatable bonds is 18. The molecule has 8 nitrogen and oxygen atoms in total. The Balaban J connectivity index is 1.89. The van der Waals surface area contributed by atoms with Crippen LogP contribution in [0.4, 0.5) is 0 Å². The number of carboxylic acid groups (broad SMARTS) is 2. The molecule has 0 aliphatic heterocycles. The van der Waals surface area contributed by atoms with Gasteiger partial charge in [-0.05, 0) is 29.7 Å². The molecule has 0 radical (unpaired) electrons. The second kappa shape index (κ2) is 17.8. The number of hydrogen-bond acceptors (Lipinski definition) is 4. The van der Waals surface area contributed by atoms with E-state index in [-0.39, 0.29) is 12.5 Å². The summed E-state index contributed by atoms with van der Waals surface area (Å²) in [5.74, 6) is -4.20. The molecular weight excluding hydrogens is 496 g/mol. The minimum Gasteiger partial charge on any atom is -0.481 e. The summed E-state index contributed by atoms with van der Waals surface area (Å²) < 4.78 is 0. The zero-order valence-corrected chi connectivity index (χ0v) is 22.9. The van der Waals surface area contributed by atoms with Crippen LogP contribution in [0, 0.1) is 0 Å². The Bertz CT molecular complexity index is 1040. The van der Waals surface area contributed by atoms with E-state index < -0.39 is 30.3 Å². The van der Waals surface area contributed by atoms with Crippen LogP contribution in [0.1, 0.15) is 105 Å². The summed E-state index contributed by atoms with van der Waals surface area (Å²) in [5.41, 5.74) is 1.58. The Morgan fingerprint density at radius 1 is 0.769 bits per heavy atom. The van der Waals surface area contributed by atoms with Crippen molar-refractivity contribution in [2.75, 3.05) is 6.54 Å². The lowest BCUT2D eigenvalue weighted by atomic mass is 10.0. The Kier molecular flexibility index (Phi) is 14.4. The van der Waals surface area contributed by atoms with Gasteiger partial charge >= 0.3 is 17.8 Å². The molecule has 0 fully saturated rings. The minimum absolute atomic E-state index is 0.113. The quantitative estimate of drug-likeness (QED) is 0.159. The van der Waals surface area contributed by atoms with E-state index in [1.165, 1.54) is 51.4 Å². The van der Waals surface area contributed by atoms with E-state index in [1.54, 1.807) is 54.6 Å². The standard InChI is InChI=1S/C31H42N2O6/c1-2-3-4-5-6-7-8-9-10-14-21-32-29(36)26-19-17-24(18-20-26)23-33(30(37)31(38)39)27(22-28(34)35)25-15-12-11-13-16-25/h11-13,15-20,27H,2-10,14,21-23H2,1H3,(H,32,36)(H,34,35)(H,38,39). The molecule has 2 rings (SSSR count). The van der Waals surface area contributed by atoms with E-state index in [2.05, 4.69) is 12.2 Å². The van der Waals surface area contributed by atoms with Crippen molar-refractivity contribution in [1.82, 2.24) is 10.2 Å². The van der Waals surface area contributed by atoms with Gasteiger partial charge in [-0.2, -0.15) is 0 Å². The van der Waals surface area contributed by atoms with Crippen molar-refractivity contribution in [2.45, 2.75) is 90.1 Å². The van der Waals surface area contributed by atoms with Crippen LogP contribution in [0.25, 0.3) is 0 Å². The van der Waals surface area contributed by atoms with Crippen LogP contribution in [0.5, 0.6) is 0 Å². The zero-order valence-electron chi connectivity index (χ0n) is 22.9. The third kappa shape index (κ3) is 11.7. The lowest BCUT2D eigenvalue weighted by Crippen LogP contribution is -2.39. The predicted octanol–water partition coefficient (Wildman–Crippen LogP) is 5.97. The Morgan fingerprint density at radius 3 is 1.87 bits per heavy atom. The van der Waals surface area contributed by atoms with Crippen molar-refractivity contribution in [3.05, 3.63) is 71.3 Å². The number of carboxylic acids is 2. The number of hydrogen-bond donors (Lipinski definition) is 3. The number of carbonyl (C=O) groups is 4. The van der Waals surface area contributed by atoms with Crippen LogP contribution in [0.2, 0.25) is 0 Å². The van der Waals surface area contributed by atoms with Gasteiger partial charge in [-0.15, -0.1) is 0 Å². The molecule has 3 N–H and O–H groups in total. The van der Waals surface area contributed by atoms with Crippen molar-refractivity contribution in [3.63, 3.8) is 0 Å². The first kappa shape index (κ1) is 31.5. The number of benzene rings is 2. The van der Waals surface area contributed by atoms with Gasteiger partial charge in [0.1, 0.15) is 0 Å². The third-order valence-corrected chi connectivity index (χ3v) is 6.76. The Morgan fingerprint density at radius 2 is 1.33 bits per heavy atom. The molecule has 0 bridgehead atoms. The minimum atomic E-state index is -1.66. The van der Waals surface area contributed by atoms with Crippen molar-refractivity contribution < 1.29 is 29.4 Å². The van der Waals surface area contributed by atoms with Gasteiger partial charge in [0.15, 0.2) is 0 Å². The summed E-state index contributed by atoms with van der Waals surface area (Å²) in [4.78, 5) is 49.2. The molecule has 2 amide bonds. The molecule has 2 aromatic rings. The first-order chi connectivity index (χ1) is 18.8. The van der Waals surface area contributed by atoms with Crippen LogP contribution in [0.3, 0.4) is 0 Å². The molecule has 0 heterocycles. The van der Waals surface area contributed by atoms with Gasteiger partial charge in [-0.3, -0.25) is 14.4 Å². The topological polar surface area (TPSA) is 124 Å².